The molecular formula is C22H24ClF4N7. The number of benzene rings is 1. The molecule has 34 heavy (non-hydrogen) atoms. The van der Waals surface area contributed by atoms with Crippen molar-refractivity contribution < 1.29 is 17.6 Å². The van der Waals surface area contributed by atoms with E-state index in [2.05, 4.69) is 30.8 Å². The second-order valence-electron chi connectivity index (χ2n) is 8.43. The monoisotopic (exact) mass is 497 g/mol. The number of alkyl halides is 3. The lowest BCUT2D eigenvalue weighted by atomic mass is 9.86. The number of hydrogen-bond donors (Lipinski definition) is 3. The number of aromatic amines is 1. The number of piperidine rings is 1. The number of aryl methyl sites for hydroxylation is 2. The quantitative estimate of drug-likeness (QED) is 0.371. The summed E-state index contributed by atoms with van der Waals surface area (Å²) < 4.78 is 52.9. The minimum absolute atomic E-state index is 0.00734. The molecule has 3 aromatic rings. The van der Waals surface area contributed by atoms with Crippen molar-refractivity contribution in [3.05, 3.63) is 52.1 Å². The van der Waals surface area contributed by atoms with Crippen molar-refractivity contribution in [3.8, 4) is 0 Å². The molecule has 0 atom stereocenters. The molecule has 3 heterocycles. The van der Waals surface area contributed by atoms with Crippen LogP contribution >= 0.6 is 11.6 Å². The average Bonchev–Trinajstić information content (AvgIpc) is 3.17. The molecule has 1 saturated heterocycles. The number of aromatic nitrogens is 4. The van der Waals surface area contributed by atoms with Crippen molar-refractivity contribution in [2.75, 3.05) is 30.3 Å². The molecule has 7 nitrogen and oxygen atoms in total. The lowest BCUT2D eigenvalue weighted by molar-refractivity contribution is -0.147. The van der Waals surface area contributed by atoms with Crippen LogP contribution in [-0.2, 0) is 0 Å². The lowest BCUT2D eigenvalue weighted by Crippen LogP contribution is -2.39. The molecule has 4 rings (SSSR count). The number of nitrogens with zero attached hydrogens (tertiary/aromatic N) is 4. The molecule has 0 aliphatic carbocycles. The van der Waals surface area contributed by atoms with E-state index in [0.717, 1.165) is 16.8 Å². The van der Waals surface area contributed by atoms with Crippen LogP contribution in [0.25, 0.3) is 0 Å². The third-order valence-electron chi connectivity index (χ3n) is 5.73. The molecule has 12 heteroatoms. The summed E-state index contributed by atoms with van der Waals surface area (Å²) in [5, 5.41) is 13.0. The number of nitrogens with one attached hydrogen (secondary N) is 3. The Bertz CT molecular complexity index is 1160. The standard InChI is InChI=1S/C22H24ClF4N7/c1-12-7-18(17(24)9-15(12)14-3-5-34(6-4-14)11-22(25,26)27)29-21-28-10-16(23)20(31-21)30-19-8-13(2)32-33-19/h7-10,14H,3-6,11H2,1-2H3,(H3,28,29,30,31,32,33). The summed E-state index contributed by atoms with van der Waals surface area (Å²) in [6.07, 6.45) is -1.72. The van der Waals surface area contributed by atoms with Gasteiger partial charge in [0, 0.05) is 11.8 Å². The Morgan fingerprint density at radius 3 is 2.53 bits per heavy atom. The lowest BCUT2D eigenvalue weighted by Gasteiger charge is -2.33. The molecule has 0 unspecified atom stereocenters. The van der Waals surface area contributed by atoms with Crippen LogP contribution in [0.5, 0.6) is 0 Å². The van der Waals surface area contributed by atoms with Crippen LogP contribution in [0.3, 0.4) is 0 Å². The van der Waals surface area contributed by atoms with E-state index in [1.165, 1.54) is 17.2 Å². The molecule has 1 aromatic carbocycles. The van der Waals surface area contributed by atoms with Gasteiger partial charge in [0.15, 0.2) is 11.6 Å². The third-order valence-corrected chi connectivity index (χ3v) is 6.01. The normalized spacial score (nSPS) is 15.5. The van der Waals surface area contributed by atoms with Gasteiger partial charge in [-0.3, -0.25) is 10.00 Å². The fourth-order valence-corrected chi connectivity index (χ4v) is 4.27. The smallest absolute Gasteiger partial charge is 0.322 e. The van der Waals surface area contributed by atoms with E-state index in [0.29, 0.717) is 37.6 Å². The van der Waals surface area contributed by atoms with Crippen molar-refractivity contribution in [3.63, 3.8) is 0 Å². The topological polar surface area (TPSA) is 81.8 Å². The van der Waals surface area contributed by atoms with Gasteiger partial charge in [0.2, 0.25) is 5.95 Å². The van der Waals surface area contributed by atoms with E-state index in [-0.39, 0.29) is 22.6 Å². The van der Waals surface area contributed by atoms with Crippen molar-refractivity contribution >= 4 is 34.9 Å². The van der Waals surface area contributed by atoms with Crippen LogP contribution in [0.1, 0.15) is 35.6 Å². The number of hydrogen-bond acceptors (Lipinski definition) is 6. The Balaban J connectivity index is 1.46. The first kappa shape index (κ1) is 24.2. The Morgan fingerprint density at radius 1 is 1.15 bits per heavy atom. The van der Waals surface area contributed by atoms with E-state index >= 15 is 0 Å². The molecule has 182 valence electrons. The van der Waals surface area contributed by atoms with Crippen molar-refractivity contribution in [1.29, 1.82) is 0 Å². The number of anilines is 4. The summed E-state index contributed by atoms with van der Waals surface area (Å²) in [7, 11) is 0. The Hall–Kier alpha value is -2.92. The van der Waals surface area contributed by atoms with E-state index in [1.807, 2.05) is 13.8 Å². The molecule has 0 saturated carbocycles. The Morgan fingerprint density at radius 2 is 1.88 bits per heavy atom. The highest BCUT2D eigenvalue weighted by Crippen LogP contribution is 2.34. The first-order chi connectivity index (χ1) is 16.1. The predicted octanol–water partition coefficient (Wildman–Crippen LogP) is 5.84. The zero-order valence-corrected chi connectivity index (χ0v) is 19.4. The second kappa shape index (κ2) is 9.75. The summed E-state index contributed by atoms with van der Waals surface area (Å²) >= 11 is 6.17. The van der Waals surface area contributed by atoms with Crippen molar-refractivity contribution in [2.45, 2.75) is 38.8 Å². The van der Waals surface area contributed by atoms with Gasteiger partial charge in [0.05, 0.1) is 18.4 Å². The van der Waals surface area contributed by atoms with Gasteiger partial charge in [-0.15, -0.1) is 0 Å². The molecule has 0 amide bonds. The van der Waals surface area contributed by atoms with E-state index in [1.54, 1.807) is 12.1 Å². The highest BCUT2D eigenvalue weighted by atomic mass is 35.5. The Kier molecular flexibility index (Phi) is 6.94. The predicted molar refractivity (Wildman–Crippen MR) is 123 cm³/mol. The first-order valence-corrected chi connectivity index (χ1v) is 11.1. The van der Waals surface area contributed by atoms with Crippen LogP contribution in [0.4, 0.5) is 40.8 Å². The van der Waals surface area contributed by atoms with Gasteiger partial charge in [-0.25, -0.2) is 9.37 Å². The van der Waals surface area contributed by atoms with Gasteiger partial charge in [0.25, 0.3) is 0 Å². The van der Waals surface area contributed by atoms with Gasteiger partial charge >= 0.3 is 6.18 Å². The van der Waals surface area contributed by atoms with Crippen LogP contribution in [0.2, 0.25) is 5.02 Å². The molecule has 1 aliphatic heterocycles. The maximum absolute atomic E-state index is 15.0. The van der Waals surface area contributed by atoms with Crippen molar-refractivity contribution in [1.82, 2.24) is 25.1 Å². The molecule has 0 spiro atoms. The van der Waals surface area contributed by atoms with E-state index in [9.17, 15) is 17.6 Å². The van der Waals surface area contributed by atoms with Crippen LogP contribution < -0.4 is 10.6 Å². The third kappa shape index (κ3) is 5.95. The van der Waals surface area contributed by atoms with Gasteiger partial charge < -0.3 is 10.6 Å². The second-order valence-corrected chi connectivity index (χ2v) is 8.84. The van der Waals surface area contributed by atoms with Crippen LogP contribution in [0, 0.1) is 19.7 Å². The summed E-state index contributed by atoms with van der Waals surface area (Å²) in [4.78, 5) is 9.82. The number of likely N-dealkylation sites (tertiary alicyclic amines) is 1. The minimum Gasteiger partial charge on any atom is -0.322 e. The van der Waals surface area contributed by atoms with E-state index in [4.69, 9.17) is 11.6 Å². The highest BCUT2D eigenvalue weighted by molar-refractivity contribution is 6.32. The summed E-state index contributed by atoms with van der Waals surface area (Å²) in [6, 6.07) is 4.89. The minimum atomic E-state index is -4.21. The zero-order valence-electron chi connectivity index (χ0n) is 18.6. The number of halogens is 5. The highest BCUT2D eigenvalue weighted by Gasteiger charge is 2.33. The first-order valence-electron chi connectivity index (χ1n) is 10.7. The average molecular weight is 498 g/mol. The number of rotatable bonds is 6. The molecule has 2 aromatic heterocycles. The molecular weight excluding hydrogens is 474 g/mol. The molecule has 1 aliphatic rings. The summed E-state index contributed by atoms with van der Waals surface area (Å²) in [5.41, 5.74) is 2.70. The summed E-state index contributed by atoms with van der Waals surface area (Å²) in [5.74, 6) is 0.495. The van der Waals surface area contributed by atoms with Gasteiger partial charge in [-0.1, -0.05) is 11.6 Å². The van der Waals surface area contributed by atoms with E-state index < -0.39 is 18.5 Å². The zero-order chi connectivity index (χ0) is 24.5. The summed E-state index contributed by atoms with van der Waals surface area (Å²) in [6.45, 7) is 3.46. The molecule has 0 radical (unpaired) electrons. The molecule has 1 fully saturated rings. The Labute approximate surface area is 198 Å². The van der Waals surface area contributed by atoms with Gasteiger partial charge in [0.1, 0.15) is 10.8 Å². The van der Waals surface area contributed by atoms with Crippen LogP contribution in [0.15, 0.2) is 24.4 Å². The van der Waals surface area contributed by atoms with Gasteiger partial charge in [-0.2, -0.15) is 23.3 Å². The molecule has 0 bridgehead atoms. The largest absolute Gasteiger partial charge is 0.401 e. The maximum atomic E-state index is 15.0. The van der Waals surface area contributed by atoms with Gasteiger partial charge in [-0.05, 0) is 69.0 Å². The van der Waals surface area contributed by atoms with Crippen LogP contribution in [-0.4, -0.2) is 50.9 Å². The maximum Gasteiger partial charge on any atom is 0.401 e. The van der Waals surface area contributed by atoms with Crippen molar-refractivity contribution in [2.24, 2.45) is 0 Å². The number of H-pyrrole nitrogens is 1. The SMILES string of the molecule is Cc1cc(Nc2nc(Nc3cc(C)c(C4CCN(CC(F)(F)F)CC4)cc3F)ncc2Cl)n[nH]1. The fraction of sp³-hybridized carbons (Fsp3) is 0.409. The molecule has 3 N–H and O–H groups in total. The fourth-order valence-electron chi connectivity index (χ4n) is 4.13.